The minimum absolute atomic E-state index is 0.0537. The van der Waals surface area contributed by atoms with Crippen molar-refractivity contribution in [2.24, 2.45) is 17.6 Å². The van der Waals surface area contributed by atoms with Crippen LogP contribution < -0.4 is 11.1 Å². The van der Waals surface area contributed by atoms with Crippen LogP contribution in [0.1, 0.15) is 25.6 Å². The van der Waals surface area contributed by atoms with Crippen molar-refractivity contribution in [1.82, 2.24) is 5.32 Å². The third-order valence-corrected chi connectivity index (χ3v) is 3.86. The van der Waals surface area contributed by atoms with Gasteiger partial charge in [-0.2, -0.15) is 0 Å². The SMILES string of the molecule is CC(CNC(=O)C(C)C(C)N)Cc1cccs1. The van der Waals surface area contributed by atoms with Crippen molar-refractivity contribution >= 4 is 17.2 Å². The Morgan fingerprint density at radius 1 is 1.47 bits per heavy atom. The van der Waals surface area contributed by atoms with Crippen LogP contribution in [-0.4, -0.2) is 18.5 Å². The first-order valence-corrected chi connectivity index (χ1v) is 6.94. The molecule has 0 aliphatic heterocycles. The summed E-state index contributed by atoms with van der Waals surface area (Å²) in [6.07, 6.45) is 1.02. The number of hydrogen-bond acceptors (Lipinski definition) is 3. The van der Waals surface area contributed by atoms with Gasteiger partial charge in [0.05, 0.1) is 0 Å². The lowest BCUT2D eigenvalue weighted by atomic mass is 10.0. The van der Waals surface area contributed by atoms with Crippen LogP contribution in [0.4, 0.5) is 0 Å². The molecule has 3 atom stereocenters. The Bertz CT molecular complexity index is 335. The summed E-state index contributed by atoms with van der Waals surface area (Å²) in [5.41, 5.74) is 5.69. The largest absolute Gasteiger partial charge is 0.356 e. The van der Waals surface area contributed by atoms with E-state index in [1.165, 1.54) is 4.88 Å². The first-order chi connectivity index (χ1) is 8.00. The molecule has 0 aromatic carbocycles. The van der Waals surface area contributed by atoms with Gasteiger partial charge in [0.2, 0.25) is 5.91 Å². The van der Waals surface area contributed by atoms with Crippen molar-refractivity contribution in [3.05, 3.63) is 22.4 Å². The predicted octanol–water partition coefficient (Wildman–Crippen LogP) is 2.03. The Morgan fingerprint density at radius 2 is 2.18 bits per heavy atom. The monoisotopic (exact) mass is 254 g/mol. The topological polar surface area (TPSA) is 55.1 Å². The first kappa shape index (κ1) is 14.2. The highest BCUT2D eigenvalue weighted by molar-refractivity contribution is 7.09. The number of carbonyl (C=O) groups excluding carboxylic acids is 1. The molecule has 1 aromatic rings. The Kier molecular flexibility index (Phi) is 5.65. The van der Waals surface area contributed by atoms with Gasteiger partial charge in [0, 0.05) is 23.4 Å². The summed E-state index contributed by atoms with van der Waals surface area (Å²) in [6.45, 7) is 6.59. The van der Waals surface area contributed by atoms with Crippen LogP contribution in [0.2, 0.25) is 0 Å². The lowest BCUT2D eigenvalue weighted by molar-refractivity contribution is -0.125. The molecule has 3 N–H and O–H groups in total. The maximum Gasteiger partial charge on any atom is 0.224 e. The Hall–Kier alpha value is -0.870. The number of amides is 1. The van der Waals surface area contributed by atoms with Crippen LogP contribution in [0.25, 0.3) is 0 Å². The molecule has 3 unspecified atom stereocenters. The van der Waals surface area contributed by atoms with Gasteiger partial charge in [-0.15, -0.1) is 11.3 Å². The maximum atomic E-state index is 11.7. The normalized spacial score (nSPS) is 16.2. The molecule has 0 fully saturated rings. The van der Waals surface area contributed by atoms with Gasteiger partial charge in [-0.1, -0.05) is 19.9 Å². The fourth-order valence-electron chi connectivity index (χ4n) is 1.52. The van der Waals surface area contributed by atoms with Gasteiger partial charge in [-0.05, 0) is 30.7 Å². The van der Waals surface area contributed by atoms with Gasteiger partial charge >= 0.3 is 0 Å². The summed E-state index contributed by atoms with van der Waals surface area (Å²) >= 11 is 1.76. The summed E-state index contributed by atoms with van der Waals surface area (Å²) in [5, 5.41) is 5.04. The van der Waals surface area contributed by atoms with Gasteiger partial charge in [0.1, 0.15) is 0 Å². The molecule has 0 bridgehead atoms. The molecule has 96 valence electrons. The molecule has 0 spiro atoms. The fraction of sp³-hybridized carbons (Fsp3) is 0.615. The lowest BCUT2D eigenvalue weighted by Crippen LogP contribution is -2.40. The van der Waals surface area contributed by atoms with E-state index in [2.05, 4.69) is 29.8 Å². The van der Waals surface area contributed by atoms with Crippen molar-refractivity contribution in [1.29, 1.82) is 0 Å². The van der Waals surface area contributed by atoms with Crippen molar-refractivity contribution in [2.45, 2.75) is 33.2 Å². The molecule has 0 radical (unpaired) electrons. The van der Waals surface area contributed by atoms with Crippen LogP contribution in [0, 0.1) is 11.8 Å². The van der Waals surface area contributed by atoms with Crippen LogP contribution in [0.15, 0.2) is 17.5 Å². The molecule has 4 heteroatoms. The first-order valence-electron chi connectivity index (χ1n) is 6.06. The van der Waals surface area contributed by atoms with Gasteiger partial charge in [-0.25, -0.2) is 0 Å². The average Bonchev–Trinajstić information content (AvgIpc) is 2.77. The van der Waals surface area contributed by atoms with Gasteiger partial charge in [0.15, 0.2) is 0 Å². The van der Waals surface area contributed by atoms with E-state index < -0.39 is 0 Å². The molecule has 1 rings (SSSR count). The number of thiophene rings is 1. The van der Waals surface area contributed by atoms with Crippen molar-refractivity contribution < 1.29 is 4.79 Å². The van der Waals surface area contributed by atoms with Crippen molar-refractivity contribution in [3.8, 4) is 0 Å². The van der Waals surface area contributed by atoms with E-state index in [1.54, 1.807) is 11.3 Å². The molecule has 1 aromatic heterocycles. The highest BCUT2D eigenvalue weighted by Crippen LogP contribution is 2.13. The highest BCUT2D eigenvalue weighted by atomic mass is 32.1. The average molecular weight is 254 g/mol. The number of rotatable bonds is 6. The number of nitrogens with one attached hydrogen (secondary N) is 1. The predicted molar refractivity (Wildman–Crippen MR) is 73.0 cm³/mol. The molecular weight excluding hydrogens is 232 g/mol. The van der Waals surface area contributed by atoms with Crippen molar-refractivity contribution in [2.75, 3.05) is 6.54 Å². The minimum atomic E-state index is -0.121. The van der Waals surface area contributed by atoms with E-state index in [9.17, 15) is 4.79 Å². The quantitative estimate of drug-likeness (QED) is 0.816. The van der Waals surface area contributed by atoms with Crippen LogP contribution in [0.3, 0.4) is 0 Å². The standard InChI is InChI=1S/C13H22N2OS/c1-9(7-12-5-4-6-17-12)8-15-13(16)10(2)11(3)14/h4-6,9-11H,7-8,14H2,1-3H3,(H,15,16). The molecule has 0 aliphatic carbocycles. The summed E-state index contributed by atoms with van der Waals surface area (Å²) in [7, 11) is 0. The fourth-order valence-corrected chi connectivity index (χ4v) is 2.39. The van der Waals surface area contributed by atoms with Crippen LogP contribution in [0.5, 0.6) is 0 Å². The van der Waals surface area contributed by atoms with E-state index in [0.717, 1.165) is 6.42 Å². The maximum absolute atomic E-state index is 11.7. The summed E-state index contributed by atoms with van der Waals surface area (Å²) in [6, 6.07) is 4.10. The lowest BCUT2D eigenvalue weighted by Gasteiger charge is -2.17. The molecule has 0 aliphatic rings. The smallest absolute Gasteiger partial charge is 0.224 e. The second-order valence-electron chi connectivity index (χ2n) is 4.78. The van der Waals surface area contributed by atoms with E-state index in [4.69, 9.17) is 5.73 Å². The molecule has 17 heavy (non-hydrogen) atoms. The Morgan fingerprint density at radius 3 is 2.71 bits per heavy atom. The molecule has 1 heterocycles. The van der Waals surface area contributed by atoms with Gasteiger partial charge < -0.3 is 11.1 Å². The summed E-state index contributed by atoms with van der Waals surface area (Å²) < 4.78 is 0. The van der Waals surface area contributed by atoms with E-state index in [1.807, 2.05) is 13.8 Å². The highest BCUT2D eigenvalue weighted by Gasteiger charge is 2.17. The Labute approximate surface area is 107 Å². The molecular formula is C13H22N2OS. The molecule has 0 saturated heterocycles. The zero-order valence-corrected chi connectivity index (χ0v) is 11.6. The van der Waals surface area contributed by atoms with Crippen molar-refractivity contribution in [3.63, 3.8) is 0 Å². The second kappa shape index (κ2) is 6.77. The summed E-state index contributed by atoms with van der Waals surface area (Å²) in [5.74, 6) is 0.389. The van der Waals surface area contributed by atoms with Gasteiger partial charge in [0.25, 0.3) is 0 Å². The molecule has 0 saturated carbocycles. The Balaban J connectivity index is 2.28. The molecule has 1 amide bonds. The number of nitrogens with two attached hydrogens (primary N) is 1. The van der Waals surface area contributed by atoms with E-state index in [-0.39, 0.29) is 17.9 Å². The minimum Gasteiger partial charge on any atom is -0.356 e. The number of hydrogen-bond donors (Lipinski definition) is 2. The zero-order valence-electron chi connectivity index (χ0n) is 10.8. The molecule has 3 nitrogen and oxygen atoms in total. The van der Waals surface area contributed by atoms with E-state index >= 15 is 0 Å². The third-order valence-electron chi connectivity index (χ3n) is 2.96. The van der Waals surface area contributed by atoms with E-state index in [0.29, 0.717) is 12.5 Å². The third kappa shape index (κ3) is 4.88. The summed E-state index contributed by atoms with van der Waals surface area (Å²) in [4.78, 5) is 13.1. The number of carbonyl (C=O) groups is 1. The van der Waals surface area contributed by atoms with Crippen LogP contribution >= 0.6 is 11.3 Å². The van der Waals surface area contributed by atoms with Gasteiger partial charge in [-0.3, -0.25) is 4.79 Å². The zero-order chi connectivity index (χ0) is 12.8. The van der Waals surface area contributed by atoms with Crippen LogP contribution in [-0.2, 0) is 11.2 Å². The second-order valence-corrected chi connectivity index (χ2v) is 5.81.